The summed E-state index contributed by atoms with van der Waals surface area (Å²) in [6.45, 7) is 2.28. The maximum absolute atomic E-state index is 12.4. The molecule has 0 aliphatic rings. The van der Waals surface area contributed by atoms with Crippen LogP contribution in [-0.4, -0.2) is 30.0 Å². The van der Waals surface area contributed by atoms with Crippen molar-refractivity contribution in [1.29, 1.82) is 0 Å². The van der Waals surface area contributed by atoms with Gasteiger partial charge < -0.3 is 9.47 Å². The molecule has 0 unspecified atom stereocenters. The zero-order chi connectivity index (χ0) is 21.8. The van der Waals surface area contributed by atoms with Crippen LogP contribution in [0.1, 0.15) is 43.0 Å². The van der Waals surface area contributed by atoms with Crippen molar-refractivity contribution in [3.8, 4) is 11.5 Å². The van der Waals surface area contributed by atoms with Gasteiger partial charge in [-0.25, -0.2) is 0 Å². The van der Waals surface area contributed by atoms with E-state index in [2.05, 4.69) is 17.8 Å². The number of carbonyl (C=O) groups excluding carboxylic acids is 2. The van der Waals surface area contributed by atoms with Crippen molar-refractivity contribution in [2.75, 3.05) is 13.2 Å². The number of nitrogens with zero attached hydrogens (tertiary/aromatic N) is 1. The lowest BCUT2D eigenvalue weighted by Crippen LogP contribution is -2.43. The quantitative estimate of drug-likeness (QED) is 0.330. The second-order valence-corrected chi connectivity index (χ2v) is 6.45. The summed E-state index contributed by atoms with van der Waals surface area (Å²) in [5, 5.41) is 10.6. The van der Waals surface area contributed by atoms with Crippen molar-refractivity contribution in [2.24, 2.45) is 0 Å². The van der Waals surface area contributed by atoms with Gasteiger partial charge in [0.15, 0.2) is 6.61 Å². The number of rotatable bonds is 11. The lowest BCUT2D eigenvalue weighted by Gasteiger charge is -2.12. The number of unbranched alkanes of at least 4 members (excludes halogenated alkanes) is 3. The largest absolute Gasteiger partial charge is 0.493 e. The van der Waals surface area contributed by atoms with Gasteiger partial charge in [0.05, 0.1) is 17.1 Å². The molecule has 0 aliphatic heterocycles. The molecule has 9 heteroatoms. The standard InChI is InChI=1S/C21H25N3O6/c1-2-3-4-7-14-29-19-9-6-5-8-18(19)21(26)23-22-20(25)15-30-17-12-10-16(11-13-17)24(27)28/h5-6,8-13H,2-4,7,14-15H2,1H3,(H,22,25)(H,23,26). The van der Waals surface area contributed by atoms with Crippen LogP contribution >= 0.6 is 0 Å². The summed E-state index contributed by atoms with van der Waals surface area (Å²) in [5.74, 6) is -0.353. The Morgan fingerprint density at radius 3 is 2.40 bits per heavy atom. The van der Waals surface area contributed by atoms with Crippen LogP contribution < -0.4 is 20.3 Å². The Morgan fingerprint density at radius 1 is 0.967 bits per heavy atom. The van der Waals surface area contributed by atoms with Gasteiger partial charge in [-0.3, -0.25) is 30.6 Å². The molecule has 2 rings (SSSR count). The molecule has 2 aromatic carbocycles. The number of carbonyl (C=O) groups is 2. The van der Waals surface area contributed by atoms with Crippen LogP contribution in [0.3, 0.4) is 0 Å². The lowest BCUT2D eigenvalue weighted by atomic mass is 10.2. The summed E-state index contributed by atoms with van der Waals surface area (Å²) in [5.41, 5.74) is 4.82. The van der Waals surface area contributed by atoms with E-state index in [-0.39, 0.29) is 12.3 Å². The summed E-state index contributed by atoms with van der Waals surface area (Å²) in [6.07, 6.45) is 4.24. The molecule has 0 bridgehead atoms. The Hall–Kier alpha value is -3.62. The second-order valence-electron chi connectivity index (χ2n) is 6.45. The van der Waals surface area contributed by atoms with Crippen molar-refractivity contribution in [2.45, 2.75) is 32.6 Å². The molecule has 0 aromatic heterocycles. The van der Waals surface area contributed by atoms with E-state index in [0.717, 1.165) is 25.7 Å². The Morgan fingerprint density at radius 2 is 1.70 bits per heavy atom. The van der Waals surface area contributed by atoms with Gasteiger partial charge in [-0.15, -0.1) is 0 Å². The predicted molar refractivity (Wildman–Crippen MR) is 110 cm³/mol. The minimum atomic E-state index is -0.584. The SMILES string of the molecule is CCCCCCOc1ccccc1C(=O)NNC(=O)COc1ccc([N+](=O)[O-])cc1. The summed E-state index contributed by atoms with van der Waals surface area (Å²) in [6, 6.07) is 12.1. The van der Waals surface area contributed by atoms with Crippen molar-refractivity contribution >= 4 is 17.5 Å². The third-order valence-electron chi connectivity index (χ3n) is 4.12. The molecule has 2 amide bonds. The van der Waals surface area contributed by atoms with Crippen LogP contribution in [0.5, 0.6) is 11.5 Å². The Balaban J connectivity index is 1.79. The number of para-hydroxylation sites is 1. The van der Waals surface area contributed by atoms with Crippen LogP contribution in [0.4, 0.5) is 5.69 Å². The first-order valence-corrected chi connectivity index (χ1v) is 9.69. The summed E-state index contributed by atoms with van der Waals surface area (Å²) >= 11 is 0. The highest BCUT2D eigenvalue weighted by Gasteiger charge is 2.13. The summed E-state index contributed by atoms with van der Waals surface area (Å²) in [4.78, 5) is 34.4. The molecule has 0 fully saturated rings. The molecule has 0 saturated heterocycles. The van der Waals surface area contributed by atoms with E-state index >= 15 is 0 Å². The number of hydrazine groups is 1. The third kappa shape index (κ3) is 7.42. The number of nitrogens with one attached hydrogen (secondary N) is 2. The maximum atomic E-state index is 12.4. The second kappa shape index (κ2) is 12.1. The van der Waals surface area contributed by atoms with Crippen molar-refractivity contribution in [3.05, 3.63) is 64.2 Å². The minimum absolute atomic E-state index is 0.0784. The van der Waals surface area contributed by atoms with Crippen LogP contribution in [0.25, 0.3) is 0 Å². The molecular formula is C21H25N3O6. The molecule has 30 heavy (non-hydrogen) atoms. The third-order valence-corrected chi connectivity index (χ3v) is 4.12. The Bertz CT molecular complexity index is 854. The number of ether oxygens (including phenoxy) is 2. The van der Waals surface area contributed by atoms with E-state index in [1.54, 1.807) is 24.3 Å². The van der Waals surface area contributed by atoms with E-state index in [9.17, 15) is 19.7 Å². The molecule has 0 radical (unpaired) electrons. The average Bonchev–Trinajstić information content (AvgIpc) is 2.76. The number of amides is 2. The normalized spacial score (nSPS) is 10.2. The first-order valence-electron chi connectivity index (χ1n) is 9.69. The number of benzene rings is 2. The molecule has 0 aliphatic carbocycles. The van der Waals surface area contributed by atoms with E-state index in [1.165, 1.54) is 24.3 Å². The molecule has 0 heterocycles. The van der Waals surface area contributed by atoms with Crippen molar-refractivity contribution in [1.82, 2.24) is 10.9 Å². The highest BCUT2D eigenvalue weighted by atomic mass is 16.6. The van der Waals surface area contributed by atoms with Crippen LogP contribution in [0, 0.1) is 10.1 Å². The molecule has 0 atom stereocenters. The zero-order valence-corrected chi connectivity index (χ0v) is 16.8. The number of hydrogen-bond acceptors (Lipinski definition) is 6. The topological polar surface area (TPSA) is 120 Å². The van der Waals surface area contributed by atoms with E-state index in [1.807, 2.05) is 0 Å². The highest BCUT2D eigenvalue weighted by molar-refractivity contribution is 5.97. The molecule has 2 aromatic rings. The molecular weight excluding hydrogens is 390 g/mol. The fraction of sp³-hybridized carbons (Fsp3) is 0.333. The fourth-order valence-corrected chi connectivity index (χ4v) is 2.53. The fourth-order valence-electron chi connectivity index (χ4n) is 2.53. The van der Waals surface area contributed by atoms with Crippen LogP contribution in [0.15, 0.2) is 48.5 Å². The van der Waals surface area contributed by atoms with Gasteiger partial charge in [-0.2, -0.15) is 0 Å². The Kier molecular flexibility index (Phi) is 9.11. The van der Waals surface area contributed by atoms with Gasteiger partial charge in [0.25, 0.3) is 17.5 Å². The first-order chi connectivity index (χ1) is 14.5. The smallest absolute Gasteiger partial charge is 0.276 e. The monoisotopic (exact) mass is 415 g/mol. The van der Waals surface area contributed by atoms with Crippen molar-refractivity contribution < 1.29 is 24.0 Å². The first kappa shape index (κ1) is 22.7. The van der Waals surface area contributed by atoms with Crippen molar-refractivity contribution in [3.63, 3.8) is 0 Å². The predicted octanol–water partition coefficient (Wildman–Crippen LogP) is 3.39. The molecule has 2 N–H and O–H groups in total. The molecule has 9 nitrogen and oxygen atoms in total. The average molecular weight is 415 g/mol. The van der Waals surface area contributed by atoms with Gasteiger partial charge in [0.1, 0.15) is 11.5 Å². The van der Waals surface area contributed by atoms with Gasteiger partial charge in [-0.1, -0.05) is 38.3 Å². The highest BCUT2D eigenvalue weighted by Crippen LogP contribution is 2.19. The van der Waals surface area contributed by atoms with E-state index in [0.29, 0.717) is 23.7 Å². The number of non-ortho nitro benzene ring substituents is 1. The minimum Gasteiger partial charge on any atom is -0.493 e. The van der Waals surface area contributed by atoms with Gasteiger partial charge >= 0.3 is 0 Å². The number of nitro benzene ring substituents is 1. The van der Waals surface area contributed by atoms with Gasteiger partial charge in [-0.05, 0) is 30.7 Å². The lowest BCUT2D eigenvalue weighted by molar-refractivity contribution is -0.384. The van der Waals surface area contributed by atoms with Crippen LogP contribution in [0.2, 0.25) is 0 Å². The number of nitro groups is 1. The zero-order valence-electron chi connectivity index (χ0n) is 16.8. The van der Waals surface area contributed by atoms with Crippen LogP contribution in [-0.2, 0) is 4.79 Å². The number of hydrogen-bond donors (Lipinski definition) is 2. The summed E-state index contributed by atoms with van der Waals surface area (Å²) < 4.78 is 10.9. The molecule has 0 saturated carbocycles. The van der Waals surface area contributed by atoms with E-state index < -0.39 is 16.7 Å². The van der Waals surface area contributed by atoms with Gasteiger partial charge in [0.2, 0.25) is 0 Å². The Labute approximate surface area is 174 Å². The maximum Gasteiger partial charge on any atom is 0.276 e. The van der Waals surface area contributed by atoms with Gasteiger partial charge in [0, 0.05) is 12.1 Å². The molecule has 160 valence electrons. The summed E-state index contributed by atoms with van der Waals surface area (Å²) in [7, 11) is 0. The molecule has 0 spiro atoms. The van der Waals surface area contributed by atoms with E-state index in [4.69, 9.17) is 9.47 Å².